The highest BCUT2D eigenvalue weighted by Gasteiger charge is 2.23. The quantitative estimate of drug-likeness (QED) is 0.803. The fourth-order valence-electron chi connectivity index (χ4n) is 2.56. The molecule has 7 nitrogen and oxygen atoms in total. The number of ketones is 1. The second-order valence-electron chi connectivity index (χ2n) is 6.03. The number of rotatable bonds is 5. The summed E-state index contributed by atoms with van der Waals surface area (Å²) in [6, 6.07) is 5.80. The summed E-state index contributed by atoms with van der Waals surface area (Å²) in [6.45, 7) is 1.79. The van der Waals surface area contributed by atoms with Crippen molar-refractivity contribution in [2.24, 2.45) is 14.1 Å². The third-order valence-corrected chi connectivity index (χ3v) is 4.40. The van der Waals surface area contributed by atoms with E-state index in [4.69, 9.17) is 5.73 Å². The Bertz CT molecular complexity index is 915. The molecule has 0 spiro atoms. The first kappa shape index (κ1) is 18.6. The number of hydrogen-bond donors (Lipinski definition) is 1. The summed E-state index contributed by atoms with van der Waals surface area (Å²) < 4.78 is 15.0. The molecule has 2 rings (SSSR count). The average molecular weight is 348 g/mol. The number of hydrogen-bond acceptors (Lipinski definition) is 5. The van der Waals surface area contributed by atoms with Crippen molar-refractivity contribution in [3.63, 3.8) is 0 Å². The molecule has 134 valence electrons. The van der Waals surface area contributed by atoms with E-state index in [0.717, 1.165) is 14.7 Å². The molecule has 1 aromatic heterocycles. The predicted molar refractivity (Wildman–Crippen MR) is 93.1 cm³/mol. The third-order valence-electron chi connectivity index (χ3n) is 4.40. The molecule has 0 saturated heterocycles. The van der Waals surface area contributed by atoms with Gasteiger partial charge in [-0.05, 0) is 31.7 Å². The van der Waals surface area contributed by atoms with Crippen LogP contribution in [0.2, 0.25) is 0 Å². The minimum atomic E-state index is -0.714. The highest BCUT2D eigenvalue weighted by atomic mass is 19.1. The second kappa shape index (κ2) is 7.02. The Morgan fingerprint density at radius 2 is 1.76 bits per heavy atom. The number of likely N-dealkylation sites (N-methyl/N-ethyl adjacent to an activating group) is 1. The molecular formula is C17H21FN4O3. The largest absolute Gasteiger partial charge is 0.384 e. The van der Waals surface area contributed by atoms with Crippen LogP contribution in [0.25, 0.3) is 0 Å². The fourth-order valence-corrected chi connectivity index (χ4v) is 2.56. The lowest BCUT2D eigenvalue weighted by Crippen LogP contribution is -2.43. The van der Waals surface area contributed by atoms with Crippen LogP contribution in [0.15, 0.2) is 33.9 Å². The van der Waals surface area contributed by atoms with Crippen LogP contribution >= 0.6 is 0 Å². The lowest BCUT2D eigenvalue weighted by atomic mass is 10.1. The Hall–Kier alpha value is -2.74. The van der Waals surface area contributed by atoms with Crippen molar-refractivity contribution in [1.29, 1.82) is 0 Å². The lowest BCUT2D eigenvalue weighted by Gasteiger charge is -2.24. The first-order valence-corrected chi connectivity index (χ1v) is 7.69. The Balaban J connectivity index is 2.29. The van der Waals surface area contributed by atoms with Crippen molar-refractivity contribution < 1.29 is 9.18 Å². The number of benzene rings is 1. The van der Waals surface area contributed by atoms with Crippen molar-refractivity contribution in [2.45, 2.75) is 13.0 Å². The Kier molecular flexibility index (Phi) is 5.22. The van der Waals surface area contributed by atoms with Gasteiger partial charge in [-0.1, -0.05) is 12.1 Å². The SMILES string of the molecule is C[C@@H](c1ccc(F)cc1)N(C)CC(=O)c1c(N)n(C)c(=O)n(C)c1=O. The van der Waals surface area contributed by atoms with Gasteiger partial charge in [0.25, 0.3) is 5.56 Å². The molecule has 0 aliphatic heterocycles. The molecule has 1 atom stereocenters. The molecule has 25 heavy (non-hydrogen) atoms. The number of Topliss-reactive ketones (excluding diaryl/α,β-unsaturated/α-hetero) is 1. The number of carbonyl (C=O) groups is 1. The van der Waals surface area contributed by atoms with Crippen molar-refractivity contribution >= 4 is 11.6 Å². The molecule has 0 saturated carbocycles. The molecule has 8 heteroatoms. The molecular weight excluding hydrogens is 327 g/mol. The summed E-state index contributed by atoms with van der Waals surface area (Å²) in [6.07, 6.45) is 0. The molecule has 2 N–H and O–H groups in total. The maximum Gasteiger partial charge on any atom is 0.332 e. The molecule has 0 aliphatic carbocycles. The monoisotopic (exact) mass is 348 g/mol. The Morgan fingerprint density at radius 3 is 2.32 bits per heavy atom. The van der Waals surface area contributed by atoms with Crippen LogP contribution in [0.3, 0.4) is 0 Å². The molecule has 2 aromatic rings. The summed E-state index contributed by atoms with van der Waals surface area (Å²) in [5.74, 6) is -0.970. The first-order chi connectivity index (χ1) is 11.6. The zero-order valence-electron chi connectivity index (χ0n) is 14.6. The lowest BCUT2D eigenvalue weighted by molar-refractivity contribution is 0.0922. The number of aromatic nitrogens is 2. The van der Waals surface area contributed by atoms with E-state index in [9.17, 15) is 18.8 Å². The van der Waals surface area contributed by atoms with Gasteiger partial charge < -0.3 is 5.73 Å². The topological polar surface area (TPSA) is 90.3 Å². The summed E-state index contributed by atoms with van der Waals surface area (Å²) in [5, 5.41) is 0. The first-order valence-electron chi connectivity index (χ1n) is 7.69. The van der Waals surface area contributed by atoms with E-state index < -0.39 is 17.0 Å². The highest BCUT2D eigenvalue weighted by Crippen LogP contribution is 2.19. The maximum absolute atomic E-state index is 13.0. The number of halogens is 1. The van der Waals surface area contributed by atoms with E-state index in [1.54, 1.807) is 24.1 Å². The number of nitrogens with zero attached hydrogens (tertiary/aromatic N) is 3. The van der Waals surface area contributed by atoms with Gasteiger partial charge in [0.15, 0.2) is 5.78 Å². The van der Waals surface area contributed by atoms with E-state index in [1.807, 2.05) is 6.92 Å². The number of nitrogen functional groups attached to an aromatic ring is 1. The number of anilines is 1. The smallest absolute Gasteiger partial charge is 0.332 e. The van der Waals surface area contributed by atoms with E-state index >= 15 is 0 Å². The highest BCUT2D eigenvalue weighted by molar-refractivity contribution is 6.01. The van der Waals surface area contributed by atoms with Gasteiger partial charge in [0.2, 0.25) is 0 Å². The predicted octanol–water partition coefficient (Wildman–Crippen LogP) is 0.681. The molecule has 0 bridgehead atoms. The van der Waals surface area contributed by atoms with Gasteiger partial charge in [0, 0.05) is 20.1 Å². The number of carbonyl (C=O) groups excluding carboxylic acids is 1. The Morgan fingerprint density at radius 1 is 1.20 bits per heavy atom. The third kappa shape index (κ3) is 3.53. The van der Waals surface area contributed by atoms with Gasteiger partial charge in [-0.3, -0.25) is 23.6 Å². The van der Waals surface area contributed by atoms with Crippen molar-refractivity contribution in [2.75, 3.05) is 19.3 Å². The molecule has 0 fully saturated rings. The van der Waals surface area contributed by atoms with Gasteiger partial charge in [0.05, 0.1) is 6.54 Å². The van der Waals surface area contributed by atoms with Crippen LogP contribution in [0.4, 0.5) is 10.2 Å². The summed E-state index contributed by atoms with van der Waals surface area (Å²) in [4.78, 5) is 38.4. The zero-order valence-corrected chi connectivity index (χ0v) is 14.6. The second-order valence-corrected chi connectivity index (χ2v) is 6.03. The van der Waals surface area contributed by atoms with Crippen LogP contribution in [0, 0.1) is 5.82 Å². The number of nitrogens with two attached hydrogens (primary N) is 1. The molecule has 1 aromatic carbocycles. The van der Waals surface area contributed by atoms with Crippen LogP contribution in [-0.4, -0.2) is 33.4 Å². The molecule has 0 radical (unpaired) electrons. The normalized spacial score (nSPS) is 12.4. The van der Waals surface area contributed by atoms with Crippen LogP contribution in [0.5, 0.6) is 0 Å². The van der Waals surface area contributed by atoms with E-state index in [-0.39, 0.29) is 29.8 Å². The van der Waals surface area contributed by atoms with Crippen LogP contribution in [-0.2, 0) is 14.1 Å². The van der Waals surface area contributed by atoms with Crippen molar-refractivity contribution in [1.82, 2.24) is 14.0 Å². The standard InChI is InChI=1S/C17H21FN4O3/c1-10(11-5-7-12(18)8-6-11)20(2)9-13(23)14-15(19)21(3)17(25)22(4)16(14)24/h5-8,10H,9,19H2,1-4H3/t10-/m0/s1. The summed E-state index contributed by atoms with van der Waals surface area (Å²) >= 11 is 0. The van der Waals surface area contributed by atoms with Crippen molar-refractivity contribution in [3.8, 4) is 0 Å². The van der Waals surface area contributed by atoms with E-state index in [2.05, 4.69) is 0 Å². The fraction of sp³-hybridized carbons (Fsp3) is 0.353. The zero-order chi connectivity index (χ0) is 18.9. The molecule has 1 heterocycles. The Labute approximate surface area is 144 Å². The van der Waals surface area contributed by atoms with Crippen molar-refractivity contribution in [3.05, 3.63) is 62.0 Å². The molecule has 0 amide bonds. The minimum Gasteiger partial charge on any atom is -0.384 e. The minimum absolute atomic E-state index is 0.0732. The van der Waals surface area contributed by atoms with E-state index in [0.29, 0.717) is 0 Å². The van der Waals surface area contributed by atoms with Gasteiger partial charge >= 0.3 is 5.69 Å². The van der Waals surface area contributed by atoms with Gasteiger partial charge in [-0.25, -0.2) is 9.18 Å². The molecule has 0 aliphatic rings. The van der Waals surface area contributed by atoms with Gasteiger partial charge in [-0.15, -0.1) is 0 Å². The summed E-state index contributed by atoms with van der Waals surface area (Å²) in [7, 11) is 4.42. The van der Waals surface area contributed by atoms with Gasteiger partial charge in [0.1, 0.15) is 17.2 Å². The van der Waals surface area contributed by atoms with Gasteiger partial charge in [-0.2, -0.15) is 0 Å². The van der Waals surface area contributed by atoms with Crippen LogP contribution in [0.1, 0.15) is 28.9 Å². The van der Waals surface area contributed by atoms with Crippen LogP contribution < -0.4 is 17.0 Å². The van der Waals surface area contributed by atoms with E-state index in [1.165, 1.54) is 26.2 Å². The maximum atomic E-state index is 13.0. The summed E-state index contributed by atoms with van der Waals surface area (Å²) in [5.41, 5.74) is 5.12. The average Bonchev–Trinajstić information content (AvgIpc) is 2.58. The molecule has 0 unspecified atom stereocenters.